The van der Waals surface area contributed by atoms with E-state index in [0.29, 0.717) is 11.3 Å². The third-order valence-corrected chi connectivity index (χ3v) is 4.34. The molecular formula is C14H23NS. The van der Waals surface area contributed by atoms with Crippen molar-refractivity contribution in [1.29, 1.82) is 0 Å². The van der Waals surface area contributed by atoms with Gasteiger partial charge in [-0.15, -0.1) is 0 Å². The molecule has 0 aromatic carbocycles. The summed E-state index contributed by atoms with van der Waals surface area (Å²) in [6, 6.07) is 0.652. The average molecular weight is 237 g/mol. The molecule has 0 spiro atoms. The van der Waals surface area contributed by atoms with E-state index in [4.69, 9.17) is 0 Å². The van der Waals surface area contributed by atoms with Crippen molar-refractivity contribution in [1.82, 2.24) is 4.90 Å². The highest BCUT2D eigenvalue weighted by atomic mass is 32.1. The van der Waals surface area contributed by atoms with Crippen LogP contribution >= 0.6 is 12.6 Å². The Hall–Kier alpha value is -0.210. The summed E-state index contributed by atoms with van der Waals surface area (Å²) in [4.78, 5) is 2.65. The molecule has 0 aromatic heterocycles. The number of likely N-dealkylation sites (tertiary alicyclic amines) is 1. The highest BCUT2D eigenvalue weighted by molar-refractivity contribution is 7.80. The molecule has 1 aliphatic carbocycles. The summed E-state index contributed by atoms with van der Waals surface area (Å²) in [5.74, 6) is 0.816. The Bertz CT molecular complexity index is 270. The van der Waals surface area contributed by atoms with E-state index < -0.39 is 0 Å². The molecule has 3 atom stereocenters. The fraction of sp³-hybridized carbons (Fsp3) is 0.714. The van der Waals surface area contributed by atoms with Crippen LogP contribution in [0.4, 0.5) is 0 Å². The molecule has 0 aromatic rings. The zero-order chi connectivity index (χ0) is 11.4. The zero-order valence-electron chi connectivity index (χ0n) is 10.2. The predicted molar refractivity (Wildman–Crippen MR) is 74.0 cm³/mol. The molecule has 0 saturated carbocycles. The fourth-order valence-electron chi connectivity index (χ4n) is 2.80. The summed E-state index contributed by atoms with van der Waals surface area (Å²) in [5, 5.41) is 0.557. The van der Waals surface area contributed by atoms with Crippen LogP contribution in [0.2, 0.25) is 0 Å². The van der Waals surface area contributed by atoms with Gasteiger partial charge in [0.15, 0.2) is 0 Å². The molecule has 2 heteroatoms. The number of hydrogen-bond acceptors (Lipinski definition) is 2. The number of nitrogens with zero attached hydrogens (tertiary/aromatic N) is 1. The van der Waals surface area contributed by atoms with Crippen molar-refractivity contribution < 1.29 is 0 Å². The summed E-state index contributed by atoms with van der Waals surface area (Å²) in [7, 11) is 0. The molecule has 16 heavy (non-hydrogen) atoms. The lowest BCUT2D eigenvalue weighted by Gasteiger charge is -2.28. The molecule has 0 N–H and O–H groups in total. The smallest absolute Gasteiger partial charge is 0.0315 e. The Morgan fingerprint density at radius 2 is 2.12 bits per heavy atom. The van der Waals surface area contributed by atoms with E-state index in [1.165, 1.54) is 38.8 Å². The van der Waals surface area contributed by atoms with Gasteiger partial charge in [0.25, 0.3) is 0 Å². The van der Waals surface area contributed by atoms with Gasteiger partial charge in [-0.1, -0.05) is 31.2 Å². The Morgan fingerprint density at radius 1 is 1.25 bits per heavy atom. The topological polar surface area (TPSA) is 3.24 Å². The minimum absolute atomic E-state index is 0.557. The van der Waals surface area contributed by atoms with Gasteiger partial charge >= 0.3 is 0 Å². The van der Waals surface area contributed by atoms with E-state index >= 15 is 0 Å². The molecule has 1 aliphatic heterocycles. The second kappa shape index (κ2) is 5.92. The van der Waals surface area contributed by atoms with E-state index in [1.54, 1.807) is 0 Å². The van der Waals surface area contributed by atoms with Crippen LogP contribution in [0.25, 0.3) is 0 Å². The number of allylic oxidation sites excluding steroid dienone is 2. The maximum absolute atomic E-state index is 4.60. The van der Waals surface area contributed by atoms with Crippen LogP contribution in [0.3, 0.4) is 0 Å². The van der Waals surface area contributed by atoms with Crippen molar-refractivity contribution >= 4 is 12.6 Å². The Balaban J connectivity index is 1.88. The first kappa shape index (κ1) is 12.3. The fourth-order valence-corrected chi connectivity index (χ4v) is 3.09. The van der Waals surface area contributed by atoms with Crippen LogP contribution in [-0.2, 0) is 0 Å². The molecule has 1 fully saturated rings. The van der Waals surface area contributed by atoms with Gasteiger partial charge in [0.1, 0.15) is 0 Å². The van der Waals surface area contributed by atoms with Crippen LogP contribution in [0.15, 0.2) is 24.3 Å². The monoisotopic (exact) mass is 237 g/mol. The summed E-state index contributed by atoms with van der Waals surface area (Å²) in [6.07, 6.45) is 14.2. The lowest BCUT2D eigenvalue weighted by molar-refractivity contribution is 0.235. The van der Waals surface area contributed by atoms with Crippen molar-refractivity contribution in [2.45, 2.75) is 43.9 Å². The first-order valence-electron chi connectivity index (χ1n) is 6.53. The lowest BCUT2D eigenvalue weighted by Crippen LogP contribution is -2.35. The van der Waals surface area contributed by atoms with Gasteiger partial charge in [-0.25, -0.2) is 0 Å². The minimum Gasteiger partial charge on any atom is -0.297 e. The Labute approximate surface area is 105 Å². The second-order valence-electron chi connectivity index (χ2n) is 5.08. The van der Waals surface area contributed by atoms with E-state index in [-0.39, 0.29) is 0 Å². The molecule has 3 unspecified atom stereocenters. The standard InChI is InChI=1S/C14H23NS/c1-12(16)13-6-5-10-15(11-9-13)14-7-3-2-4-8-14/h2-4,7,12-14,16H,5-6,8-11H2,1H3. The zero-order valence-corrected chi connectivity index (χ0v) is 11.1. The predicted octanol–water partition coefficient (Wildman–Crippen LogP) is 3.29. The Kier molecular flexibility index (Phi) is 4.54. The molecule has 0 radical (unpaired) electrons. The number of hydrogen-bond donors (Lipinski definition) is 1. The van der Waals surface area contributed by atoms with Crippen LogP contribution in [0.1, 0.15) is 32.6 Å². The molecule has 0 amide bonds. The Morgan fingerprint density at radius 3 is 2.81 bits per heavy atom. The van der Waals surface area contributed by atoms with Crippen LogP contribution in [0.5, 0.6) is 0 Å². The van der Waals surface area contributed by atoms with Gasteiger partial charge < -0.3 is 0 Å². The molecule has 2 aliphatic rings. The van der Waals surface area contributed by atoms with E-state index in [9.17, 15) is 0 Å². The first-order chi connectivity index (χ1) is 7.77. The van der Waals surface area contributed by atoms with Gasteiger partial charge in [0, 0.05) is 11.3 Å². The molecule has 2 rings (SSSR count). The van der Waals surface area contributed by atoms with Gasteiger partial charge in [-0.05, 0) is 44.7 Å². The third-order valence-electron chi connectivity index (χ3n) is 3.92. The summed E-state index contributed by atoms with van der Waals surface area (Å²) >= 11 is 4.60. The molecule has 1 heterocycles. The van der Waals surface area contributed by atoms with Crippen molar-refractivity contribution in [2.24, 2.45) is 5.92 Å². The number of rotatable bonds is 2. The summed E-state index contributed by atoms with van der Waals surface area (Å²) in [6.45, 7) is 4.75. The van der Waals surface area contributed by atoms with Crippen molar-refractivity contribution in [3.8, 4) is 0 Å². The first-order valence-corrected chi connectivity index (χ1v) is 7.04. The maximum atomic E-state index is 4.60. The summed E-state index contributed by atoms with van der Waals surface area (Å²) in [5.41, 5.74) is 0. The molecule has 90 valence electrons. The normalized spacial score (nSPS) is 33.6. The van der Waals surface area contributed by atoms with Crippen molar-refractivity contribution in [3.05, 3.63) is 24.3 Å². The molecule has 0 bridgehead atoms. The second-order valence-corrected chi connectivity index (χ2v) is 5.90. The lowest BCUT2D eigenvalue weighted by atomic mass is 9.97. The van der Waals surface area contributed by atoms with E-state index in [1.807, 2.05) is 0 Å². The number of thiol groups is 1. The van der Waals surface area contributed by atoms with Crippen molar-refractivity contribution in [3.63, 3.8) is 0 Å². The van der Waals surface area contributed by atoms with Gasteiger partial charge in [-0.2, -0.15) is 12.6 Å². The highest BCUT2D eigenvalue weighted by Gasteiger charge is 2.23. The van der Waals surface area contributed by atoms with Gasteiger partial charge in [0.2, 0.25) is 0 Å². The average Bonchev–Trinajstić information content (AvgIpc) is 2.55. The molecular weight excluding hydrogens is 214 g/mol. The minimum atomic E-state index is 0.557. The molecule has 1 nitrogen and oxygen atoms in total. The van der Waals surface area contributed by atoms with Gasteiger partial charge in [-0.3, -0.25) is 4.90 Å². The third kappa shape index (κ3) is 3.14. The van der Waals surface area contributed by atoms with Crippen LogP contribution in [-0.4, -0.2) is 29.3 Å². The van der Waals surface area contributed by atoms with Crippen LogP contribution < -0.4 is 0 Å². The highest BCUT2D eigenvalue weighted by Crippen LogP contribution is 2.25. The van der Waals surface area contributed by atoms with Gasteiger partial charge in [0.05, 0.1) is 0 Å². The van der Waals surface area contributed by atoms with E-state index in [2.05, 4.69) is 48.8 Å². The largest absolute Gasteiger partial charge is 0.297 e. The van der Waals surface area contributed by atoms with Crippen molar-refractivity contribution in [2.75, 3.05) is 13.1 Å². The summed E-state index contributed by atoms with van der Waals surface area (Å²) < 4.78 is 0. The SMILES string of the molecule is CC(S)C1CCCN(C2C=CC=CC2)CC1. The molecule has 1 saturated heterocycles. The van der Waals surface area contributed by atoms with E-state index in [0.717, 1.165) is 5.92 Å². The van der Waals surface area contributed by atoms with Crippen LogP contribution in [0, 0.1) is 5.92 Å². The quantitative estimate of drug-likeness (QED) is 0.721. The maximum Gasteiger partial charge on any atom is 0.0315 e.